The van der Waals surface area contributed by atoms with Gasteiger partial charge in [0.2, 0.25) is 0 Å². The standard InChI is InChI=1S/C17H19ClN2O6/c18-11-4-2-1-3-10(11)5-7-19-13(22)6-8-20(17(19)25)16-15(24)14(23)12(9-21)26-16/h1-4,6,8,12,14-16,21,23-24H,5,7,9H2/t12-,14+,15?,16-/m1/s1. The van der Waals surface area contributed by atoms with Crippen molar-refractivity contribution in [2.75, 3.05) is 6.61 Å². The van der Waals surface area contributed by atoms with E-state index in [1.165, 1.54) is 12.3 Å². The Morgan fingerprint density at radius 2 is 1.85 bits per heavy atom. The summed E-state index contributed by atoms with van der Waals surface area (Å²) in [7, 11) is 0. The molecular weight excluding hydrogens is 364 g/mol. The Labute approximate surface area is 153 Å². The highest BCUT2D eigenvalue weighted by Crippen LogP contribution is 2.27. The lowest BCUT2D eigenvalue weighted by Crippen LogP contribution is -2.43. The number of aliphatic hydroxyl groups is 3. The minimum absolute atomic E-state index is 0.0943. The summed E-state index contributed by atoms with van der Waals surface area (Å²) < 4.78 is 7.41. The third-order valence-corrected chi connectivity index (χ3v) is 4.82. The molecule has 4 atom stereocenters. The Morgan fingerprint density at radius 3 is 2.50 bits per heavy atom. The zero-order chi connectivity index (χ0) is 18.8. The zero-order valence-corrected chi connectivity index (χ0v) is 14.5. The van der Waals surface area contributed by atoms with Crippen LogP contribution in [0.1, 0.15) is 11.8 Å². The molecule has 140 valence electrons. The second-order valence-electron chi connectivity index (χ2n) is 6.07. The average molecular weight is 383 g/mol. The maximum atomic E-state index is 12.7. The molecule has 26 heavy (non-hydrogen) atoms. The molecule has 1 fully saturated rings. The smallest absolute Gasteiger partial charge is 0.333 e. The minimum Gasteiger partial charge on any atom is -0.394 e. The Kier molecular flexibility index (Phi) is 5.59. The average Bonchev–Trinajstić information content (AvgIpc) is 2.91. The fourth-order valence-corrected chi connectivity index (χ4v) is 3.20. The third-order valence-electron chi connectivity index (χ3n) is 4.45. The molecule has 0 amide bonds. The highest BCUT2D eigenvalue weighted by Gasteiger charge is 2.43. The maximum Gasteiger partial charge on any atom is 0.333 e. The van der Waals surface area contributed by atoms with Gasteiger partial charge in [0.25, 0.3) is 5.56 Å². The van der Waals surface area contributed by atoms with Gasteiger partial charge in [-0.3, -0.25) is 13.9 Å². The molecule has 2 aromatic rings. The molecule has 1 aromatic carbocycles. The number of aliphatic hydroxyl groups excluding tert-OH is 3. The Bertz CT molecular complexity index is 895. The molecule has 9 heteroatoms. The fourth-order valence-electron chi connectivity index (χ4n) is 2.97. The summed E-state index contributed by atoms with van der Waals surface area (Å²) in [6.45, 7) is -0.410. The number of nitrogens with zero attached hydrogens (tertiary/aromatic N) is 2. The van der Waals surface area contributed by atoms with Crippen LogP contribution in [0.2, 0.25) is 5.02 Å². The van der Waals surface area contributed by atoms with Gasteiger partial charge in [-0.15, -0.1) is 0 Å². The Balaban J connectivity index is 1.89. The van der Waals surface area contributed by atoms with Crippen LogP contribution in [0.15, 0.2) is 46.1 Å². The van der Waals surface area contributed by atoms with Crippen LogP contribution in [0, 0.1) is 0 Å². The van der Waals surface area contributed by atoms with Crippen LogP contribution in [0.3, 0.4) is 0 Å². The van der Waals surface area contributed by atoms with Gasteiger partial charge in [0.05, 0.1) is 6.61 Å². The van der Waals surface area contributed by atoms with Crippen LogP contribution in [-0.2, 0) is 17.7 Å². The molecule has 3 N–H and O–H groups in total. The van der Waals surface area contributed by atoms with E-state index in [0.717, 1.165) is 14.7 Å². The van der Waals surface area contributed by atoms with E-state index in [2.05, 4.69) is 0 Å². The van der Waals surface area contributed by atoms with Crippen LogP contribution < -0.4 is 11.2 Å². The van der Waals surface area contributed by atoms with Gasteiger partial charge in [-0.05, 0) is 18.1 Å². The molecule has 1 aliphatic heterocycles. The molecule has 1 unspecified atom stereocenters. The van der Waals surface area contributed by atoms with Crippen LogP contribution >= 0.6 is 11.6 Å². The van der Waals surface area contributed by atoms with Crippen molar-refractivity contribution in [2.45, 2.75) is 37.5 Å². The van der Waals surface area contributed by atoms with Crippen LogP contribution in [0.25, 0.3) is 0 Å². The van der Waals surface area contributed by atoms with Crippen molar-refractivity contribution in [1.82, 2.24) is 9.13 Å². The summed E-state index contributed by atoms with van der Waals surface area (Å²) >= 11 is 6.10. The molecule has 0 bridgehead atoms. The summed E-state index contributed by atoms with van der Waals surface area (Å²) in [6, 6.07) is 8.31. The van der Waals surface area contributed by atoms with Gasteiger partial charge >= 0.3 is 5.69 Å². The second-order valence-corrected chi connectivity index (χ2v) is 6.47. The molecule has 1 saturated heterocycles. The van der Waals surface area contributed by atoms with E-state index in [1.807, 2.05) is 6.07 Å². The summed E-state index contributed by atoms with van der Waals surface area (Å²) in [5.41, 5.74) is -0.381. The molecule has 2 heterocycles. The highest BCUT2D eigenvalue weighted by atomic mass is 35.5. The van der Waals surface area contributed by atoms with E-state index in [0.29, 0.717) is 11.4 Å². The van der Waals surface area contributed by atoms with Gasteiger partial charge in [-0.25, -0.2) is 4.79 Å². The largest absolute Gasteiger partial charge is 0.394 e. The quantitative estimate of drug-likeness (QED) is 0.643. The number of hydrogen-bond donors (Lipinski definition) is 3. The third kappa shape index (κ3) is 3.46. The number of rotatable bonds is 5. The van der Waals surface area contributed by atoms with Crippen molar-refractivity contribution in [3.05, 3.63) is 68.0 Å². The minimum atomic E-state index is -1.40. The molecule has 0 aliphatic carbocycles. The number of aryl methyl sites for hydroxylation is 1. The van der Waals surface area contributed by atoms with E-state index in [4.69, 9.17) is 16.3 Å². The molecule has 0 saturated carbocycles. The van der Waals surface area contributed by atoms with Gasteiger partial charge in [-0.2, -0.15) is 0 Å². The van der Waals surface area contributed by atoms with Gasteiger partial charge in [0, 0.05) is 23.8 Å². The van der Waals surface area contributed by atoms with Gasteiger partial charge in [0.1, 0.15) is 18.3 Å². The fraction of sp³-hybridized carbons (Fsp3) is 0.412. The topological polar surface area (TPSA) is 114 Å². The van der Waals surface area contributed by atoms with E-state index >= 15 is 0 Å². The summed E-state index contributed by atoms with van der Waals surface area (Å²) in [5, 5.41) is 29.7. The maximum absolute atomic E-state index is 12.7. The number of ether oxygens (including phenoxy) is 1. The van der Waals surface area contributed by atoms with Gasteiger partial charge in [-0.1, -0.05) is 29.8 Å². The van der Waals surface area contributed by atoms with Crippen LogP contribution in [0.5, 0.6) is 0 Å². The lowest BCUT2D eigenvalue weighted by atomic mass is 10.1. The molecule has 1 aromatic heterocycles. The number of halogens is 1. The molecule has 0 spiro atoms. The normalized spacial score (nSPS) is 25.5. The van der Waals surface area contributed by atoms with Crippen molar-refractivity contribution < 1.29 is 20.1 Å². The van der Waals surface area contributed by atoms with E-state index in [1.54, 1.807) is 18.2 Å². The lowest BCUT2D eigenvalue weighted by Gasteiger charge is -2.18. The second kappa shape index (κ2) is 7.73. The van der Waals surface area contributed by atoms with Crippen molar-refractivity contribution in [3.8, 4) is 0 Å². The van der Waals surface area contributed by atoms with Crippen molar-refractivity contribution >= 4 is 11.6 Å². The predicted octanol–water partition coefficient (Wildman–Crippen LogP) is -0.482. The zero-order valence-electron chi connectivity index (χ0n) is 13.7. The monoisotopic (exact) mass is 382 g/mol. The number of benzene rings is 1. The van der Waals surface area contributed by atoms with E-state index < -0.39 is 42.4 Å². The first kappa shape index (κ1) is 18.8. The van der Waals surface area contributed by atoms with Gasteiger partial charge in [0.15, 0.2) is 6.23 Å². The van der Waals surface area contributed by atoms with E-state index in [9.17, 15) is 24.9 Å². The van der Waals surface area contributed by atoms with Gasteiger partial charge < -0.3 is 20.1 Å². The van der Waals surface area contributed by atoms with Crippen LogP contribution in [-0.4, -0.2) is 49.4 Å². The Morgan fingerprint density at radius 1 is 1.12 bits per heavy atom. The summed E-state index contributed by atoms with van der Waals surface area (Å²) in [6.07, 6.45) is -3.36. The highest BCUT2D eigenvalue weighted by molar-refractivity contribution is 6.31. The summed E-state index contributed by atoms with van der Waals surface area (Å²) in [5.74, 6) is 0. The number of hydrogen-bond acceptors (Lipinski definition) is 6. The molecule has 0 radical (unpaired) electrons. The number of aromatic nitrogens is 2. The first-order valence-electron chi connectivity index (χ1n) is 8.12. The molecule has 8 nitrogen and oxygen atoms in total. The lowest BCUT2D eigenvalue weighted by molar-refractivity contribution is -0.0556. The van der Waals surface area contributed by atoms with Crippen molar-refractivity contribution in [1.29, 1.82) is 0 Å². The summed E-state index contributed by atoms with van der Waals surface area (Å²) in [4.78, 5) is 24.8. The predicted molar refractivity (Wildman–Crippen MR) is 93.1 cm³/mol. The first-order valence-corrected chi connectivity index (χ1v) is 8.49. The molecule has 1 aliphatic rings. The van der Waals surface area contributed by atoms with Crippen LogP contribution in [0.4, 0.5) is 0 Å². The SMILES string of the molecule is O=c1ccn([C@@H]2O[C@H](CO)[C@H](O)C2O)c(=O)n1CCc1ccccc1Cl. The first-order chi connectivity index (χ1) is 12.4. The molecule has 3 rings (SSSR count). The Hall–Kier alpha value is -1.97. The van der Waals surface area contributed by atoms with E-state index in [-0.39, 0.29) is 6.54 Å². The molecular formula is C17H19ClN2O6. The van der Waals surface area contributed by atoms with Crippen molar-refractivity contribution in [3.63, 3.8) is 0 Å². The van der Waals surface area contributed by atoms with Crippen molar-refractivity contribution in [2.24, 2.45) is 0 Å².